The summed E-state index contributed by atoms with van der Waals surface area (Å²) in [7, 11) is 2.78. The van der Waals surface area contributed by atoms with E-state index in [1.54, 1.807) is 0 Å². The maximum atomic E-state index is 12.0. The predicted octanol–water partition coefficient (Wildman–Crippen LogP) is 1.46. The van der Waals surface area contributed by atoms with E-state index in [2.05, 4.69) is 10.5 Å². The first-order valence-corrected chi connectivity index (χ1v) is 8.46. The quantitative estimate of drug-likeness (QED) is 0.435. The van der Waals surface area contributed by atoms with Gasteiger partial charge in [-0.05, 0) is 18.9 Å². The molecule has 1 aromatic rings. The molecule has 0 aliphatic carbocycles. The van der Waals surface area contributed by atoms with Gasteiger partial charge in [-0.2, -0.15) is 5.10 Å². The van der Waals surface area contributed by atoms with Gasteiger partial charge >= 0.3 is 0 Å². The van der Waals surface area contributed by atoms with Crippen molar-refractivity contribution in [2.24, 2.45) is 5.10 Å². The average Bonchev–Trinajstić information content (AvgIpc) is 2.85. The highest BCUT2D eigenvalue weighted by Crippen LogP contribution is 2.33. The minimum Gasteiger partial charge on any atom is -0.493 e. The van der Waals surface area contributed by atoms with Crippen LogP contribution in [0.5, 0.6) is 11.5 Å². The van der Waals surface area contributed by atoms with E-state index < -0.39 is 10.8 Å². The summed E-state index contributed by atoms with van der Waals surface area (Å²) in [5, 5.41) is 15.0. The molecule has 0 bridgehead atoms. The second-order valence-corrected chi connectivity index (χ2v) is 5.94. The topological polar surface area (TPSA) is 123 Å². The summed E-state index contributed by atoms with van der Waals surface area (Å²) in [6.45, 7) is 0.446. The van der Waals surface area contributed by atoms with Crippen LogP contribution in [0, 0.1) is 10.1 Å². The molecular formula is C17H22N4O6. The number of likely N-dealkylation sites (tertiary alicyclic amines) is 1. The summed E-state index contributed by atoms with van der Waals surface area (Å²) in [6, 6.07) is 2.61. The molecule has 1 aliphatic rings. The van der Waals surface area contributed by atoms with Gasteiger partial charge in [0.1, 0.15) is 6.54 Å². The lowest BCUT2D eigenvalue weighted by atomic mass is 10.1. The summed E-state index contributed by atoms with van der Waals surface area (Å²) in [5.74, 6) is -0.0112. The van der Waals surface area contributed by atoms with Gasteiger partial charge in [-0.15, -0.1) is 0 Å². The number of hydrazone groups is 1. The van der Waals surface area contributed by atoms with Crippen molar-refractivity contribution in [3.63, 3.8) is 0 Å². The van der Waals surface area contributed by atoms with Crippen LogP contribution < -0.4 is 14.9 Å². The van der Waals surface area contributed by atoms with Gasteiger partial charge < -0.3 is 14.4 Å². The molecule has 0 saturated carbocycles. The number of nitrogens with one attached hydrogen (secondary N) is 1. The van der Waals surface area contributed by atoms with Crippen molar-refractivity contribution in [2.75, 3.05) is 27.3 Å². The maximum absolute atomic E-state index is 12.0. The van der Waals surface area contributed by atoms with Crippen molar-refractivity contribution >= 4 is 23.7 Å². The number of carbonyl (C=O) groups is 2. The normalized spacial score (nSPS) is 14.7. The molecule has 10 nitrogen and oxygen atoms in total. The van der Waals surface area contributed by atoms with Gasteiger partial charge in [0, 0.05) is 13.0 Å². The fourth-order valence-corrected chi connectivity index (χ4v) is 2.73. The Hall–Kier alpha value is -3.17. The number of nitrogens with zero attached hydrogens (tertiary/aromatic N) is 3. The number of carbonyl (C=O) groups excluding carboxylic acids is 2. The van der Waals surface area contributed by atoms with Crippen LogP contribution in [0.4, 0.5) is 5.69 Å². The lowest BCUT2D eigenvalue weighted by Crippen LogP contribution is -2.39. The zero-order chi connectivity index (χ0) is 19.8. The Balaban J connectivity index is 2.07. The molecule has 2 amide bonds. The Morgan fingerprint density at radius 3 is 2.67 bits per heavy atom. The lowest BCUT2D eigenvalue weighted by molar-refractivity contribution is -0.385. The number of hydrogen-bond acceptors (Lipinski definition) is 7. The van der Waals surface area contributed by atoms with Crippen molar-refractivity contribution in [1.82, 2.24) is 10.3 Å². The minimum atomic E-state index is -0.582. The Morgan fingerprint density at radius 2 is 2.00 bits per heavy atom. The van der Waals surface area contributed by atoms with E-state index >= 15 is 0 Å². The van der Waals surface area contributed by atoms with Crippen LogP contribution in [0.25, 0.3) is 0 Å². The predicted molar refractivity (Wildman–Crippen MR) is 97.0 cm³/mol. The second kappa shape index (κ2) is 9.51. The first-order chi connectivity index (χ1) is 13.0. The number of nitro benzene ring substituents is 1. The van der Waals surface area contributed by atoms with Crippen molar-refractivity contribution in [3.05, 3.63) is 27.8 Å². The van der Waals surface area contributed by atoms with E-state index in [1.165, 1.54) is 31.3 Å². The third kappa shape index (κ3) is 5.40. The zero-order valence-electron chi connectivity index (χ0n) is 15.3. The van der Waals surface area contributed by atoms with E-state index in [0.29, 0.717) is 18.7 Å². The van der Waals surface area contributed by atoms with Gasteiger partial charge in [0.15, 0.2) is 11.5 Å². The number of rotatable bonds is 7. The molecular weight excluding hydrogens is 356 g/mol. The Labute approximate surface area is 156 Å². The minimum absolute atomic E-state index is 0.0536. The summed E-state index contributed by atoms with van der Waals surface area (Å²) < 4.78 is 10.2. The van der Waals surface area contributed by atoms with E-state index in [0.717, 1.165) is 25.5 Å². The fraction of sp³-hybridized carbons (Fsp3) is 0.471. The molecule has 2 rings (SSSR count). The van der Waals surface area contributed by atoms with Gasteiger partial charge in [0.25, 0.3) is 11.6 Å². The molecule has 0 atom stereocenters. The number of nitro groups is 1. The van der Waals surface area contributed by atoms with Crippen LogP contribution in [0.15, 0.2) is 17.2 Å². The van der Waals surface area contributed by atoms with E-state index in [-0.39, 0.29) is 29.5 Å². The van der Waals surface area contributed by atoms with Crippen LogP contribution in [0.1, 0.15) is 31.2 Å². The van der Waals surface area contributed by atoms with E-state index in [4.69, 9.17) is 9.47 Å². The molecule has 0 unspecified atom stereocenters. The van der Waals surface area contributed by atoms with Crippen molar-refractivity contribution in [2.45, 2.75) is 25.7 Å². The van der Waals surface area contributed by atoms with Crippen LogP contribution in [0.2, 0.25) is 0 Å². The van der Waals surface area contributed by atoms with Crippen LogP contribution in [-0.2, 0) is 9.59 Å². The largest absolute Gasteiger partial charge is 0.493 e. The molecule has 146 valence electrons. The first kappa shape index (κ1) is 20.1. The van der Waals surface area contributed by atoms with E-state index in [1.807, 2.05) is 0 Å². The van der Waals surface area contributed by atoms with Gasteiger partial charge in [-0.25, -0.2) is 5.43 Å². The Morgan fingerprint density at radius 1 is 1.30 bits per heavy atom. The molecule has 1 aromatic carbocycles. The number of amides is 2. The molecule has 1 fully saturated rings. The Kier molecular flexibility index (Phi) is 7.09. The van der Waals surface area contributed by atoms with Gasteiger partial charge in [0.2, 0.25) is 5.91 Å². The van der Waals surface area contributed by atoms with Crippen molar-refractivity contribution in [3.8, 4) is 11.5 Å². The van der Waals surface area contributed by atoms with Crippen LogP contribution in [0.3, 0.4) is 0 Å². The molecule has 10 heteroatoms. The molecule has 1 N–H and O–H groups in total. The molecule has 27 heavy (non-hydrogen) atoms. The van der Waals surface area contributed by atoms with Crippen molar-refractivity contribution in [1.29, 1.82) is 0 Å². The highest BCUT2D eigenvalue weighted by Gasteiger charge is 2.20. The van der Waals surface area contributed by atoms with Gasteiger partial charge in [0.05, 0.1) is 37.0 Å². The maximum Gasteiger partial charge on any atom is 0.282 e. The molecule has 1 saturated heterocycles. The smallest absolute Gasteiger partial charge is 0.282 e. The standard InChI is InChI=1S/C17H22N4O6/c1-26-14-8-12(13(21(24)25)9-15(14)27-2)10-18-19-16(22)11-20-7-5-3-4-6-17(20)23/h8-10H,3-7,11H2,1-2H3,(H,19,22)/b18-10-. The third-order valence-corrected chi connectivity index (χ3v) is 4.13. The Bertz CT molecular complexity index is 749. The highest BCUT2D eigenvalue weighted by molar-refractivity contribution is 5.89. The monoisotopic (exact) mass is 378 g/mol. The van der Waals surface area contributed by atoms with Crippen molar-refractivity contribution < 1.29 is 24.0 Å². The lowest BCUT2D eigenvalue weighted by Gasteiger charge is -2.18. The number of methoxy groups -OCH3 is 2. The third-order valence-electron chi connectivity index (χ3n) is 4.13. The van der Waals surface area contributed by atoms with Crippen LogP contribution >= 0.6 is 0 Å². The number of benzene rings is 1. The number of ether oxygens (including phenoxy) is 2. The SMILES string of the molecule is COc1cc(/C=N\NC(=O)CN2CCCCCC2=O)c([N+](=O)[O-])cc1OC. The number of hydrogen-bond donors (Lipinski definition) is 1. The summed E-state index contributed by atoms with van der Waals surface area (Å²) >= 11 is 0. The average molecular weight is 378 g/mol. The molecule has 0 spiro atoms. The molecule has 1 heterocycles. The summed E-state index contributed by atoms with van der Waals surface area (Å²) in [5.41, 5.74) is 2.19. The fourth-order valence-electron chi connectivity index (χ4n) is 2.73. The molecule has 0 aromatic heterocycles. The van der Waals surface area contributed by atoms with Gasteiger partial charge in [-0.1, -0.05) is 6.42 Å². The summed E-state index contributed by atoms with van der Waals surface area (Å²) in [6.07, 6.45) is 4.25. The molecule has 0 radical (unpaired) electrons. The zero-order valence-corrected chi connectivity index (χ0v) is 15.3. The van der Waals surface area contributed by atoms with E-state index in [9.17, 15) is 19.7 Å². The summed E-state index contributed by atoms with van der Waals surface area (Å²) in [4.78, 5) is 36.1. The van der Waals surface area contributed by atoms with Gasteiger partial charge in [-0.3, -0.25) is 19.7 Å². The highest BCUT2D eigenvalue weighted by atomic mass is 16.6. The second-order valence-electron chi connectivity index (χ2n) is 5.94. The molecule has 1 aliphatic heterocycles. The first-order valence-electron chi connectivity index (χ1n) is 8.46. The van der Waals surface area contributed by atoms with Crippen LogP contribution in [-0.4, -0.2) is 55.2 Å².